The minimum absolute atomic E-state index is 0.158. The molecule has 0 saturated heterocycles. The second-order valence-electron chi connectivity index (χ2n) is 6.30. The van der Waals surface area contributed by atoms with Crippen LogP contribution in [0.2, 0.25) is 0 Å². The molecule has 3 nitrogen and oxygen atoms in total. The quantitative estimate of drug-likeness (QED) is 0.940. The van der Waals surface area contributed by atoms with Crippen molar-refractivity contribution in [3.8, 4) is 0 Å². The minimum atomic E-state index is -0.490. The summed E-state index contributed by atoms with van der Waals surface area (Å²) in [5.41, 5.74) is 4.14. The fraction of sp³-hybridized carbons (Fsp3) is 0.316. The highest BCUT2D eigenvalue weighted by Gasteiger charge is 2.45. The lowest BCUT2D eigenvalue weighted by molar-refractivity contribution is -0.122. The molecule has 1 aliphatic rings. The van der Waals surface area contributed by atoms with Crippen LogP contribution in [0.4, 0.5) is 5.69 Å². The summed E-state index contributed by atoms with van der Waals surface area (Å²) in [6, 6.07) is 16.5. The number of rotatable bonds is 4. The summed E-state index contributed by atoms with van der Waals surface area (Å²) in [6.07, 6.45) is 0. The van der Waals surface area contributed by atoms with E-state index in [1.807, 2.05) is 32.2 Å². The lowest BCUT2D eigenvalue weighted by Gasteiger charge is -2.24. The zero-order valence-corrected chi connectivity index (χ0v) is 13.4. The van der Waals surface area contributed by atoms with Crippen molar-refractivity contribution in [3.63, 3.8) is 0 Å². The molecule has 3 heteroatoms. The highest BCUT2D eigenvalue weighted by Crippen LogP contribution is 2.40. The van der Waals surface area contributed by atoms with E-state index in [9.17, 15) is 4.79 Å². The van der Waals surface area contributed by atoms with E-state index in [2.05, 4.69) is 42.6 Å². The molecule has 2 aromatic rings. The Morgan fingerprint density at radius 3 is 2.50 bits per heavy atom. The Labute approximate surface area is 132 Å². The molecule has 1 amide bonds. The van der Waals surface area contributed by atoms with Gasteiger partial charge in [-0.1, -0.05) is 48.0 Å². The first-order valence-corrected chi connectivity index (χ1v) is 7.66. The number of benzene rings is 2. The molecule has 22 heavy (non-hydrogen) atoms. The molecule has 114 valence electrons. The van der Waals surface area contributed by atoms with Crippen LogP contribution >= 0.6 is 0 Å². The van der Waals surface area contributed by atoms with Crippen molar-refractivity contribution < 1.29 is 4.79 Å². The number of hydrogen-bond donors (Lipinski definition) is 1. The Balaban J connectivity index is 1.74. The predicted molar refractivity (Wildman–Crippen MR) is 90.1 cm³/mol. The van der Waals surface area contributed by atoms with Crippen molar-refractivity contribution in [1.82, 2.24) is 5.32 Å². The van der Waals surface area contributed by atoms with E-state index in [0.717, 1.165) is 17.8 Å². The third kappa shape index (κ3) is 2.42. The summed E-state index contributed by atoms with van der Waals surface area (Å²) in [4.78, 5) is 14.4. The summed E-state index contributed by atoms with van der Waals surface area (Å²) < 4.78 is 0. The first-order valence-electron chi connectivity index (χ1n) is 7.66. The third-order valence-corrected chi connectivity index (χ3v) is 4.56. The van der Waals surface area contributed by atoms with Crippen LogP contribution in [0.5, 0.6) is 0 Å². The number of aryl methyl sites for hydroxylation is 1. The Bertz CT molecular complexity index is 693. The molecule has 0 aromatic heterocycles. The van der Waals surface area contributed by atoms with E-state index < -0.39 is 5.41 Å². The molecular formula is C19H22N2O. The molecule has 0 saturated carbocycles. The highest BCUT2D eigenvalue weighted by molar-refractivity contribution is 6.07. The normalized spacial score (nSPS) is 20.3. The molecule has 3 rings (SSSR count). The number of likely N-dealkylation sites (N-methyl/N-ethyl adjacent to an activating group) is 1. The topological polar surface area (TPSA) is 32.3 Å². The van der Waals surface area contributed by atoms with Crippen LogP contribution in [-0.4, -0.2) is 19.5 Å². The third-order valence-electron chi connectivity index (χ3n) is 4.56. The number of anilines is 1. The van der Waals surface area contributed by atoms with Gasteiger partial charge < -0.3 is 10.2 Å². The van der Waals surface area contributed by atoms with Gasteiger partial charge in [0.1, 0.15) is 0 Å². The maximum absolute atomic E-state index is 12.7. The van der Waals surface area contributed by atoms with Crippen molar-refractivity contribution in [2.24, 2.45) is 0 Å². The van der Waals surface area contributed by atoms with Crippen LogP contribution in [0.1, 0.15) is 23.6 Å². The molecule has 1 unspecified atom stereocenters. The van der Waals surface area contributed by atoms with Crippen molar-refractivity contribution in [1.29, 1.82) is 0 Å². The van der Waals surface area contributed by atoms with Gasteiger partial charge in [0.25, 0.3) is 0 Å². The summed E-state index contributed by atoms with van der Waals surface area (Å²) in [5, 5.41) is 3.45. The molecule has 0 radical (unpaired) electrons. The van der Waals surface area contributed by atoms with Crippen LogP contribution < -0.4 is 10.2 Å². The summed E-state index contributed by atoms with van der Waals surface area (Å²) in [6.45, 7) is 5.53. The first kappa shape index (κ1) is 14.8. The van der Waals surface area contributed by atoms with Crippen LogP contribution in [0.25, 0.3) is 0 Å². The number of fused-ring (bicyclic) bond motifs is 1. The van der Waals surface area contributed by atoms with Gasteiger partial charge in [-0.3, -0.25) is 4.79 Å². The Morgan fingerprint density at radius 2 is 1.77 bits per heavy atom. The van der Waals surface area contributed by atoms with Gasteiger partial charge in [-0.05, 0) is 31.0 Å². The molecule has 1 aliphatic heterocycles. The minimum Gasteiger partial charge on any atom is -0.314 e. The largest absolute Gasteiger partial charge is 0.314 e. The maximum Gasteiger partial charge on any atom is 0.238 e. The monoisotopic (exact) mass is 294 g/mol. The van der Waals surface area contributed by atoms with Gasteiger partial charge in [0.15, 0.2) is 0 Å². The van der Waals surface area contributed by atoms with Gasteiger partial charge in [-0.25, -0.2) is 0 Å². The number of carbonyl (C=O) groups excluding carboxylic acids is 1. The van der Waals surface area contributed by atoms with Gasteiger partial charge in [0, 0.05) is 25.8 Å². The lowest BCUT2D eigenvalue weighted by Crippen LogP contribution is -2.43. The number of para-hydroxylation sites is 1. The first-order chi connectivity index (χ1) is 10.5. The maximum atomic E-state index is 12.7. The summed E-state index contributed by atoms with van der Waals surface area (Å²) in [7, 11) is 1.85. The SMILES string of the molecule is Cc1ccc(CNCC2(C)C(=O)N(C)c3ccccc32)cc1. The Kier molecular flexibility index (Phi) is 3.75. The Morgan fingerprint density at radius 1 is 1.09 bits per heavy atom. The number of nitrogens with zero attached hydrogens (tertiary/aromatic N) is 1. The zero-order valence-electron chi connectivity index (χ0n) is 13.4. The molecule has 0 fully saturated rings. The van der Waals surface area contributed by atoms with E-state index in [1.165, 1.54) is 11.1 Å². The van der Waals surface area contributed by atoms with Gasteiger partial charge in [0.05, 0.1) is 5.41 Å². The van der Waals surface area contributed by atoms with Crippen molar-refractivity contribution in [2.75, 3.05) is 18.5 Å². The van der Waals surface area contributed by atoms with Crippen LogP contribution in [-0.2, 0) is 16.8 Å². The molecule has 0 bridgehead atoms. The van der Waals surface area contributed by atoms with Crippen LogP contribution in [0.3, 0.4) is 0 Å². The van der Waals surface area contributed by atoms with E-state index in [4.69, 9.17) is 0 Å². The van der Waals surface area contributed by atoms with Crippen LogP contribution in [0.15, 0.2) is 48.5 Å². The van der Waals surface area contributed by atoms with Gasteiger partial charge in [-0.2, -0.15) is 0 Å². The fourth-order valence-electron chi connectivity index (χ4n) is 3.16. The van der Waals surface area contributed by atoms with E-state index in [-0.39, 0.29) is 5.91 Å². The highest BCUT2D eigenvalue weighted by atomic mass is 16.2. The number of carbonyl (C=O) groups is 1. The molecular weight excluding hydrogens is 272 g/mol. The fourth-order valence-corrected chi connectivity index (χ4v) is 3.16. The number of nitrogens with one attached hydrogen (secondary N) is 1. The van der Waals surface area contributed by atoms with Crippen LogP contribution in [0, 0.1) is 6.92 Å². The average Bonchev–Trinajstić information content (AvgIpc) is 2.72. The molecule has 1 heterocycles. The lowest BCUT2D eigenvalue weighted by atomic mass is 9.83. The summed E-state index contributed by atoms with van der Waals surface area (Å²) >= 11 is 0. The number of hydrogen-bond acceptors (Lipinski definition) is 2. The van der Waals surface area contributed by atoms with Gasteiger partial charge >= 0.3 is 0 Å². The van der Waals surface area contributed by atoms with Crippen molar-refractivity contribution in [2.45, 2.75) is 25.8 Å². The summed E-state index contributed by atoms with van der Waals surface area (Å²) in [5.74, 6) is 0.158. The van der Waals surface area contributed by atoms with E-state index >= 15 is 0 Å². The van der Waals surface area contributed by atoms with E-state index in [0.29, 0.717) is 6.54 Å². The smallest absolute Gasteiger partial charge is 0.238 e. The zero-order chi connectivity index (χ0) is 15.7. The predicted octanol–water partition coefficient (Wildman–Crippen LogP) is 3.02. The molecule has 0 aliphatic carbocycles. The molecule has 0 spiro atoms. The second-order valence-corrected chi connectivity index (χ2v) is 6.30. The number of amides is 1. The molecule has 1 N–H and O–H groups in total. The van der Waals surface area contributed by atoms with Crippen molar-refractivity contribution >= 4 is 11.6 Å². The van der Waals surface area contributed by atoms with Crippen molar-refractivity contribution in [3.05, 3.63) is 65.2 Å². The van der Waals surface area contributed by atoms with E-state index in [1.54, 1.807) is 4.90 Å². The van der Waals surface area contributed by atoms with Gasteiger partial charge in [0.2, 0.25) is 5.91 Å². The molecule has 1 atom stereocenters. The standard InChI is InChI=1S/C19H22N2O/c1-14-8-10-15(11-9-14)12-20-13-19(2)16-6-4-5-7-17(16)21(3)18(19)22/h4-11,20H,12-13H2,1-3H3. The average molecular weight is 294 g/mol. The Hall–Kier alpha value is -2.13. The molecule has 2 aromatic carbocycles. The second kappa shape index (κ2) is 5.58. The van der Waals surface area contributed by atoms with Gasteiger partial charge in [-0.15, -0.1) is 0 Å².